The van der Waals surface area contributed by atoms with Gasteiger partial charge < -0.3 is 18.3 Å². The molecule has 0 N–H and O–H groups in total. The van der Waals surface area contributed by atoms with Gasteiger partial charge in [-0.25, -0.2) is 0 Å². The zero-order chi connectivity index (χ0) is 73.5. The third kappa shape index (κ3) is 9.88. The number of benzene rings is 18. The van der Waals surface area contributed by atoms with Crippen molar-refractivity contribution >= 4 is 98.0 Å². The zero-order valence-electron chi connectivity index (χ0n) is 61.3. The number of fused-ring (bicyclic) bond motifs is 21. The summed E-state index contributed by atoms with van der Waals surface area (Å²) < 4.78 is 9.77. The number of hydrogen-bond acceptors (Lipinski definition) is 0. The molecule has 2 aliphatic carbocycles. The molecule has 0 spiro atoms. The number of aromatic nitrogens is 4. The van der Waals surface area contributed by atoms with Crippen LogP contribution in [-0.4, -0.2) is 18.3 Å². The van der Waals surface area contributed by atoms with E-state index in [4.69, 9.17) is 0 Å². The Kier molecular flexibility index (Phi) is 14.5. The van der Waals surface area contributed by atoms with E-state index in [1.54, 1.807) is 0 Å². The highest BCUT2D eigenvalue weighted by atomic mass is 15.0. The molecule has 112 heavy (non-hydrogen) atoms. The van der Waals surface area contributed by atoms with Crippen LogP contribution in [-0.2, 0) is 12.8 Å². The van der Waals surface area contributed by atoms with Gasteiger partial charge in [-0.2, -0.15) is 0 Å². The highest BCUT2D eigenvalue weighted by molar-refractivity contribution is 6.30. The van der Waals surface area contributed by atoms with E-state index in [-0.39, 0.29) is 0 Å². The molecule has 4 heteroatoms. The lowest BCUT2D eigenvalue weighted by Crippen LogP contribution is -1.95. The number of para-hydroxylation sites is 4. The van der Waals surface area contributed by atoms with Crippen molar-refractivity contribution in [2.75, 3.05) is 0 Å². The minimum Gasteiger partial charge on any atom is -0.309 e. The maximum absolute atomic E-state index is 2.45. The van der Waals surface area contributed by atoms with E-state index in [0.717, 1.165) is 29.9 Å². The molecule has 2 aliphatic rings. The molecule has 0 fully saturated rings. The van der Waals surface area contributed by atoms with E-state index < -0.39 is 0 Å². The molecule has 24 rings (SSSR count). The first-order chi connectivity index (χ1) is 55.6. The minimum absolute atomic E-state index is 0.932. The average Bonchev–Trinajstić information content (AvgIpc) is 1.55. The van der Waals surface area contributed by atoms with Crippen LogP contribution >= 0.6 is 0 Å². The standard InChI is InChI=1S/C55H36N2.C53H34N2/c1-3-13-36(14-4-1)37-25-29-40(30-26-37)56-50-23-9-7-17-46(50)54-52(56)33-34-53-55(54)47-18-8-10-24-51(47)57(53)41-31-27-39(28-32-41)43-20-12-22-45-44-21-11-19-42(48(44)35-49(43)45)38-15-5-2-6-16-38;1-2-13-35(14-3-1)40-18-10-20-42-43-21-11-19-41(47(43)33-46(40)42)36-25-27-38(28-26-36)54-48-22-8-6-16-44(48)52-50(54)30-31-51-53(52)45-17-7-9-23-49(45)55(51)39-29-24-34-12-4-5-15-37(34)32-39/h1-34H,35H2;1-32H,33H2. The quantitative estimate of drug-likeness (QED) is 0.137. The Labute approximate surface area is 648 Å². The summed E-state index contributed by atoms with van der Waals surface area (Å²) in [7, 11) is 0. The molecule has 0 unspecified atom stereocenters. The fourth-order valence-corrected chi connectivity index (χ4v) is 19.3. The molecule has 18 aromatic carbocycles. The van der Waals surface area contributed by atoms with Crippen molar-refractivity contribution in [3.8, 4) is 101 Å². The van der Waals surface area contributed by atoms with Crippen molar-refractivity contribution in [2.45, 2.75) is 12.8 Å². The lowest BCUT2D eigenvalue weighted by Gasteiger charge is -2.12. The van der Waals surface area contributed by atoms with Crippen LogP contribution in [0, 0.1) is 0 Å². The normalized spacial score (nSPS) is 12.2. The topological polar surface area (TPSA) is 19.7 Å². The Morgan fingerprint density at radius 2 is 0.402 bits per heavy atom. The molecular weight excluding hydrogens is 1350 g/mol. The minimum atomic E-state index is 0.932. The average molecular weight is 1420 g/mol. The molecular formula is C108H70N4. The Morgan fingerprint density at radius 3 is 0.750 bits per heavy atom. The molecule has 0 saturated heterocycles. The van der Waals surface area contributed by atoms with Crippen LogP contribution in [0.1, 0.15) is 22.3 Å². The van der Waals surface area contributed by atoms with Gasteiger partial charge in [0.15, 0.2) is 0 Å². The van der Waals surface area contributed by atoms with E-state index in [0.29, 0.717) is 0 Å². The molecule has 4 nitrogen and oxygen atoms in total. The smallest absolute Gasteiger partial charge is 0.0548 e. The fraction of sp³-hybridized carbons (Fsp3) is 0.0185. The highest BCUT2D eigenvalue weighted by Crippen LogP contribution is 2.50. The van der Waals surface area contributed by atoms with E-state index in [2.05, 4.69) is 419 Å². The van der Waals surface area contributed by atoms with Gasteiger partial charge >= 0.3 is 0 Å². The summed E-state index contributed by atoms with van der Waals surface area (Å²) in [6, 6.07) is 147. The fourth-order valence-electron chi connectivity index (χ4n) is 19.3. The predicted octanol–water partition coefficient (Wildman–Crippen LogP) is 28.4. The first-order valence-corrected chi connectivity index (χ1v) is 39.0. The van der Waals surface area contributed by atoms with Gasteiger partial charge in [-0.05, 0) is 221 Å². The summed E-state index contributed by atoms with van der Waals surface area (Å²) in [5.41, 5.74) is 38.2. The van der Waals surface area contributed by atoms with Crippen molar-refractivity contribution in [3.63, 3.8) is 0 Å². The van der Waals surface area contributed by atoms with Crippen LogP contribution in [0.15, 0.2) is 400 Å². The molecule has 0 aliphatic heterocycles. The van der Waals surface area contributed by atoms with Gasteiger partial charge in [0.2, 0.25) is 0 Å². The van der Waals surface area contributed by atoms with Crippen LogP contribution in [0.3, 0.4) is 0 Å². The third-order valence-corrected chi connectivity index (χ3v) is 24.2. The highest BCUT2D eigenvalue weighted by Gasteiger charge is 2.29. The molecule has 0 radical (unpaired) electrons. The molecule has 4 heterocycles. The van der Waals surface area contributed by atoms with Crippen molar-refractivity contribution < 1.29 is 0 Å². The summed E-state index contributed by atoms with van der Waals surface area (Å²) >= 11 is 0. The molecule has 22 aromatic rings. The maximum Gasteiger partial charge on any atom is 0.0548 e. The summed E-state index contributed by atoms with van der Waals surface area (Å²) in [6.07, 6.45) is 1.87. The van der Waals surface area contributed by atoms with Gasteiger partial charge in [0, 0.05) is 65.8 Å². The van der Waals surface area contributed by atoms with E-state index in [1.165, 1.54) is 204 Å². The van der Waals surface area contributed by atoms with Gasteiger partial charge in [0.25, 0.3) is 0 Å². The van der Waals surface area contributed by atoms with Crippen LogP contribution < -0.4 is 0 Å². The van der Waals surface area contributed by atoms with Gasteiger partial charge in [-0.3, -0.25) is 0 Å². The second-order valence-electron chi connectivity index (χ2n) is 30.1. The summed E-state index contributed by atoms with van der Waals surface area (Å²) in [6.45, 7) is 0. The number of hydrogen-bond donors (Lipinski definition) is 0. The second-order valence-corrected chi connectivity index (χ2v) is 30.1. The van der Waals surface area contributed by atoms with Crippen LogP contribution in [0.25, 0.3) is 199 Å². The van der Waals surface area contributed by atoms with Gasteiger partial charge in [-0.1, -0.05) is 303 Å². The summed E-state index contributed by atoms with van der Waals surface area (Å²) in [5.74, 6) is 0. The molecule has 0 bridgehead atoms. The van der Waals surface area contributed by atoms with Gasteiger partial charge in [0.05, 0.1) is 44.1 Å². The Morgan fingerprint density at radius 1 is 0.152 bits per heavy atom. The zero-order valence-corrected chi connectivity index (χ0v) is 61.3. The maximum atomic E-state index is 2.45. The Bertz CT molecular complexity index is 7560. The van der Waals surface area contributed by atoms with Crippen molar-refractivity contribution in [1.82, 2.24) is 18.3 Å². The van der Waals surface area contributed by atoms with Crippen LogP contribution in [0.5, 0.6) is 0 Å². The van der Waals surface area contributed by atoms with Crippen LogP contribution in [0.4, 0.5) is 0 Å². The Balaban J connectivity index is 0.000000134. The second kappa shape index (κ2) is 25.5. The van der Waals surface area contributed by atoms with Crippen LogP contribution in [0.2, 0.25) is 0 Å². The SMILES string of the molecule is c1ccc(-c2ccc(-n3c4ccccc4c4c5c6ccccc6n(-c6ccc(-c7cccc8c7Cc7c(-c9ccccc9)cccc7-8)cc6)c5ccc43)cc2)cc1.c1ccc(-c2cccc3c2Cc2c(-c4ccc(-n5c6ccccc6c6c7c8ccccc8n(-c8ccc9ccccc9c8)c7ccc65)cc4)cccc2-3)cc1. The van der Waals surface area contributed by atoms with Gasteiger partial charge in [-0.15, -0.1) is 0 Å². The Hall–Kier alpha value is -14.6. The number of nitrogens with zero attached hydrogens (tertiary/aromatic N) is 4. The van der Waals surface area contributed by atoms with Gasteiger partial charge in [0.1, 0.15) is 0 Å². The first kappa shape index (κ1) is 63.5. The molecule has 0 saturated carbocycles. The van der Waals surface area contributed by atoms with E-state index in [1.807, 2.05) is 0 Å². The summed E-state index contributed by atoms with van der Waals surface area (Å²) in [5, 5.41) is 12.7. The van der Waals surface area contributed by atoms with E-state index >= 15 is 0 Å². The summed E-state index contributed by atoms with van der Waals surface area (Å²) in [4.78, 5) is 0. The molecule has 4 aromatic heterocycles. The lowest BCUT2D eigenvalue weighted by molar-refractivity contribution is 1.17. The number of rotatable bonds is 9. The first-order valence-electron chi connectivity index (χ1n) is 39.0. The largest absolute Gasteiger partial charge is 0.309 e. The van der Waals surface area contributed by atoms with Crippen molar-refractivity contribution in [3.05, 3.63) is 423 Å². The predicted molar refractivity (Wildman–Crippen MR) is 471 cm³/mol. The lowest BCUT2D eigenvalue weighted by atomic mass is 9.95. The van der Waals surface area contributed by atoms with E-state index in [9.17, 15) is 0 Å². The molecule has 0 atom stereocenters. The molecule has 0 amide bonds. The third-order valence-electron chi connectivity index (χ3n) is 24.2. The van der Waals surface area contributed by atoms with Crippen molar-refractivity contribution in [2.24, 2.45) is 0 Å². The van der Waals surface area contributed by atoms with Crippen molar-refractivity contribution in [1.29, 1.82) is 0 Å². The monoisotopic (exact) mass is 1420 g/mol. The molecule has 522 valence electrons.